The minimum absolute atomic E-state index is 0.0945. The van der Waals surface area contributed by atoms with Crippen molar-refractivity contribution in [1.82, 2.24) is 9.80 Å². The number of thiophene rings is 1. The monoisotopic (exact) mass is 402 g/mol. The molecule has 0 bridgehead atoms. The molecule has 0 saturated carbocycles. The summed E-state index contributed by atoms with van der Waals surface area (Å²) < 4.78 is 7.05. The Morgan fingerprint density at radius 2 is 2.04 bits per heavy atom. The van der Waals surface area contributed by atoms with Crippen LogP contribution in [0.15, 0.2) is 23.6 Å². The molecular formula is C23H34N2O2S. The van der Waals surface area contributed by atoms with Crippen LogP contribution in [0.4, 0.5) is 4.79 Å². The smallest absolute Gasteiger partial charge is 0.410 e. The first-order valence-electron chi connectivity index (χ1n) is 10.3. The Morgan fingerprint density at radius 3 is 2.71 bits per heavy atom. The summed E-state index contributed by atoms with van der Waals surface area (Å²) in [6.45, 7) is 9.82. The Bertz CT molecular complexity index is 822. The van der Waals surface area contributed by atoms with Crippen LogP contribution in [-0.2, 0) is 11.2 Å². The lowest BCUT2D eigenvalue weighted by molar-refractivity contribution is 0.00365. The lowest BCUT2D eigenvalue weighted by atomic mass is 9.89. The summed E-state index contributed by atoms with van der Waals surface area (Å²) in [5.74, 6) is 0.504. The van der Waals surface area contributed by atoms with Crippen LogP contribution in [0.2, 0.25) is 0 Å². The van der Waals surface area contributed by atoms with Gasteiger partial charge < -0.3 is 14.5 Å². The number of fused-ring (bicyclic) bond motifs is 1. The zero-order valence-electron chi connectivity index (χ0n) is 18.1. The number of ether oxygens (including phenoxy) is 1. The molecular weight excluding hydrogens is 368 g/mol. The number of likely N-dealkylation sites (tertiary alicyclic amines) is 1. The van der Waals surface area contributed by atoms with Crippen LogP contribution in [0.1, 0.15) is 57.7 Å². The highest BCUT2D eigenvalue weighted by atomic mass is 32.1. The first-order chi connectivity index (χ1) is 13.1. The molecule has 1 aliphatic heterocycles. The third-order valence-electron chi connectivity index (χ3n) is 5.34. The fraction of sp³-hybridized carbons (Fsp3) is 0.609. The summed E-state index contributed by atoms with van der Waals surface area (Å²) in [5.41, 5.74) is 2.16. The molecule has 1 saturated heterocycles. The molecule has 1 aromatic heterocycles. The van der Waals surface area contributed by atoms with Crippen LogP contribution in [0.3, 0.4) is 0 Å². The number of amides is 1. The van der Waals surface area contributed by atoms with Gasteiger partial charge in [-0.2, -0.15) is 0 Å². The molecule has 1 amide bonds. The third kappa shape index (κ3) is 5.06. The van der Waals surface area contributed by atoms with Gasteiger partial charge in [-0.1, -0.05) is 13.0 Å². The Kier molecular flexibility index (Phi) is 6.35. The van der Waals surface area contributed by atoms with Crippen molar-refractivity contribution >= 4 is 27.5 Å². The summed E-state index contributed by atoms with van der Waals surface area (Å²) in [6, 6.07) is 6.83. The van der Waals surface area contributed by atoms with Crippen LogP contribution in [0.25, 0.3) is 10.1 Å². The number of likely N-dealkylation sites (N-methyl/N-ethyl adjacent to an activating group) is 1. The van der Waals surface area contributed by atoms with E-state index in [9.17, 15) is 4.79 Å². The van der Waals surface area contributed by atoms with Crippen molar-refractivity contribution in [3.63, 3.8) is 0 Å². The number of rotatable bonds is 4. The van der Waals surface area contributed by atoms with Crippen LogP contribution in [0, 0.1) is 5.92 Å². The molecule has 0 aliphatic carbocycles. The van der Waals surface area contributed by atoms with E-state index in [4.69, 9.17) is 4.74 Å². The normalized spacial score (nSPS) is 20.8. The zero-order chi connectivity index (χ0) is 20.5. The number of nitrogens with zero attached hydrogens (tertiary/aromatic N) is 2. The lowest BCUT2D eigenvalue weighted by Crippen LogP contribution is -2.44. The number of hydrogen-bond acceptors (Lipinski definition) is 4. The molecule has 2 unspecified atom stereocenters. The van der Waals surface area contributed by atoms with Gasteiger partial charge in [-0.15, -0.1) is 11.3 Å². The molecule has 0 radical (unpaired) electrons. The summed E-state index contributed by atoms with van der Waals surface area (Å²) in [6.07, 6.45) is 2.98. The van der Waals surface area contributed by atoms with Gasteiger partial charge >= 0.3 is 6.09 Å². The van der Waals surface area contributed by atoms with Crippen molar-refractivity contribution < 1.29 is 9.53 Å². The van der Waals surface area contributed by atoms with E-state index in [1.165, 1.54) is 21.2 Å². The van der Waals surface area contributed by atoms with Gasteiger partial charge in [0.15, 0.2) is 0 Å². The number of benzene rings is 1. The molecule has 5 heteroatoms. The predicted octanol–water partition coefficient (Wildman–Crippen LogP) is 5.71. The molecule has 0 N–H and O–H groups in total. The van der Waals surface area contributed by atoms with Crippen LogP contribution < -0.4 is 0 Å². The molecule has 1 fully saturated rings. The van der Waals surface area contributed by atoms with Crippen LogP contribution in [0.5, 0.6) is 0 Å². The second-order valence-electron chi connectivity index (χ2n) is 9.40. The van der Waals surface area contributed by atoms with E-state index in [0.717, 1.165) is 32.4 Å². The van der Waals surface area contributed by atoms with E-state index >= 15 is 0 Å². The van der Waals surface area contributed by atoms with Gasteiger partial charge in [-0.3, -0.25) is 0 Å². The quantitative estimate of drug-likeness (QED) is 0.656. The molecule has 1 aromatic carbocycles. The number of carbonyl (C=O) groups is 1. The Balaban J connectivity index is 1.89. The highest BCUT2D eigenvalue weighted by molar-refractivity contribution is 7.17. The topological polar surface area (TPSA) is 32.8 Å². The van der Waals surface area contributed by atoms with Gasteiger partial charge in [-0.25, -0.2) is 4.79 Å². The second-order valence-corrected chi connectivity index (χ2v) is 10.3. The third-order valence-corrected chi connectivity index (χ3v) is 6.35. The summed E-state index contributed by atoms with van der Waals surface area (Å²) in [7, 11) is 4.23. The van der Waals surface area contributed by atoms with Crippen molar-refractivity contribution in [3.8, 4) is 0 Å². The highest BCUT2D eigenvalue weighted by Gasteiger charge is 2.34. The van der Waals surface area contributed by atoms with E-state index in [0.29, 0.717) is 5.92 Å². The predicted molar refractivity (Wildman–Crippen MR) is 118 cm³/mol. The van der Waals surface area contributed by atoms with E-state index in [-0.39, 0.29) is 12.1 Å². The molecule has 4 nitrogen and oxygen atoms in total. The van der Waals surface area contributed by atoms with E-state index in [1.54, 1.807) is 0 Å². The van der Waals surface area contributed by atoms with E-state index < -0.39 is 5.60 Å². The largest absolute Gasteiger partial charge is 0.444 e. The van der Waals surface area contributed by atoms with E-state index in [1.807, 2.05) is 37.0 Å². The summed E-state index contributed by atoms with van der Waals surface area (Å²) >= 11 is 1.81. The summed E-state index contributed by atoms with van der Waals surface area (Å²) in [4.78, 5) is 17.1. The Hall–Kier alpha value is -1.59. The zero-order valence-corrected chi connectivity index (χ0v) is 18.9. The second kappa shape index (κ2) is 8.42. The van der Waals surface area contributed by atoms with E-state index in [2.05, 4.69) is 49.5 Å². The number of hydrogen-bond donors (Lipinski definition) is 0. The summed E-state index contributed by atoms with van der Waals surface area (Å²) in [5, 5.41) is 3.62. The molecule has 2 aromatic rings. The molecule has 28 heavy (non-hydrogen) atoms. The fourth-order valence-corrected chi connectivity index (χ4v) is 4.84. The maximum Gasteiger partial charge on any atom is 0.410 e. The van der Waals surface area contributed by atoms with Crippen molar-refractivity contribution in [3.05, 3.63) is 34.7 Å². The number of piperidine rings is 1. The van der Waals surface area contributed by atoms with Gasteiger partial charge in [0, 0.05) is 17.8 Å². The maximum absolute atomic E-state index is 12.9. The maximum atomic E-state index is 12.9. The first-order valence-corrected chi connectivity index (χ1v) is 11.2. The standard InChI is InChI=1S/C23H34N2O2S/c1-16-7-9-20(25(14-16)22(26)27-23(2,3)4)17-8-10-21-19(13-17)18(15-28-21)11-12-24(5)6/h8,10,13,15-16,20H,7,9,11-12,14H2,1-6H3. The van der Waals surface area contributed by atoms with Crippen LogP contribution in [-0.4, -0.2) is 48.7 Å². The lowest BCUT2D eigenvalue weighted by Gasteiger charge is -2.39. The molecule has 154 valence electrons. The number of carbonyl (C=O) groups excluding carboxylic acids is 1. The SMILES string of the molecule is CC1CCC(c2ccc3scc(CCN(C)C)c3c2)N(C(=O)OC(C)(C)C)C1. The van der Waals surface area contributed by atoms with Gasteiger partial charge in [0.25, 0.3) is 0 Å². The Labute approximate surface area is 173 Å². The van der Waals surface area contributed by atoms with Crippen molar-refractivity contribution in [1.29, 1.82) is 0 Å². The van der Waals surface area contributed by atoms with Gasteiger partial charge in [-0.05, 0) is 94.1 Å². The van der Waals surface area contributed by atoms with Crippen LogP contribution >= 0.6 is 11.3 Å². The molecule has 0 spiro atoms. The molecule has 2 heterocycles. The molecule has 1 aliphatic rings. The van der Waals surface area contributed by atoms with Gasteiger partial charge in [0.1, 0.15) is 5.60 Å². The Morgan fingerprint density at radius 1 is 1.29 bits per heavy atom. The van der Waals surface area contributed by atoms with Gasteiger partial charge in [0.2, 0.25) is 0 Å². The molecule has 2 atom stereocenters. The van der Waals surface area contributed by atoms with Gasteiger partial charge in [0.05, 0.1) is 6.04 Å². The average molecular weight is 403 g/mol. The minimum atomic E-state index is -0.473. The van der Waals surface area contributed by atoms with Crippen molar-refractivity contribution in [2.45, 2.75) is 58.6 Å². The van der Waals surface area contributed by atoms with Crippen molar-refractivity contribution in [2.24, 2.45) is 5.92 Å². The first kappa shape index (κ1) is 21.1. The highest BCUT2D eigenvalue weighted by Crippen LogP contribution is 2.37. The molecule has 3 rings (SSSR count). The van der Waals surface area contributed by atoms with Crippen molar-refractivity contribution in [2.75, 3.05) is 27.2 Å². The fourth-order valence-electron chi connectivity index (χ4n) is 3.87. The minimum Gasteiger partial charge on any atom is -0.444 e. The average Bonchev–Trinajstić information content (AvgIpc) is 3.00.